The highest BCUT2D eigenvalue weighted by Crippen LogP contribution is 2.16. The van der Waals surface area contributed by atoms with Crippen LogP contribution >= 0.6 is 0 Å². The van der Waals surface area contributed by atoms with Crippen molar-refractivity contribution in [3.8, 4) is 0 Å². The van der Waals surface area contributed by atoms with Crippen LogP contribution in [-0.2, 0) is 19.6 Å². The zero-order chi connectivity index (χ0) is 20.4. The molecule has 0 aromatic carbocycles. The van der Waals surface area contributed by atoms with E-state index >= 15 is 0 Å². The number of hydrogen-bond donors (Lipinski definition) is 1. The van der Waals surface area contributed by atoms with Crippen LogP contribution in [0.3, 0.4) is 0 Å². The highest BCUT2D eigenvalue weighted by Gasteiger charge is 2.27. The van der Waals surface area contributed by atoms with E-state index in [1.807, 2.05) is 0 Å². The van der Waals surface area contributed by atoms with E-state index in [1.165, 1.54) is 38.5 Å². The van der Waals surface area contributed by atoms with Crippen molar-refractivity contribution in [2.24, 2.45) is 0 Å². The minimum atomic E-state index is -3.90. The van der Waals surface area contributed by atoms with Gasteiger partial charge in [0, 0.05) is 13.5 Å². The van der Waals surface area contributed by atoms with Crippen molar-refractivity contribution >= 4 is 10.1 Å². The molecule has 0 saturated carbocycles. The number of quaternary nitrogens is 1. The second-order valence-electron chi connectivity index (χ2n) is 7.60. The van der Waals surface area contributed by atoms with E-state index in [0.29, 0.717) is 26.2 Å². The van der Waals surface area contributed by atoms with Crippen molar-refractivity contribution in [3.63, 3.8) is 0 Å². The van der Waals surface area contributed by atoms with Crippen LogP contribution in [0.4, 0.5) is 0 Å². The van der Waals surface area contributed by atoms with Crippen LogP contribution in [0.1, 0.15) is 71.6 Å². The summed E-state index contributed by atoms with van der Waals surface area (Å²) in [6.07, 6.45) is 10.1. The molecule has 0 atom stereocenters. The Morgan fingerprint density at radius 2 is 1.30 bits per heavy atom. The Balaban J connectivity index is 4.84. The van der Waals surface area contributed by atoms with E-state index in [1.54, 1.807) is 7.11 Å². The van der Waals surface area contributed by atoms with Crippen molar-refractivity contribution < 1.29 is 26.9 Å². The molecule has 7 heteroatoms. The van der Waals surface area contributed by atoms with Gasteiger partial charge in [0.15, 0.2) is 0 Å². The summed E-state index contributed by atoms with van der Waals surface area (Å²) in [5, 5.41) is 0. The first kappa shape index (κ1) is 26.8. The Bertz CT molecular complexity index is 416. The lowest BCUT2D eigenvalue weighted by Gasteiger charge is -2.39. The Labute approximate surface area is 167 Å². The fourth-order valence-electron chi connectivity index (χ4n) is 3.50. The third kappa shape index (κ3) is 16.4. The normalized spacial score (nSPS) is 12.6. The van der Waals surface area contributed by atoms with Gasteiger partial charge >= 0.3 is 0 Å². The van der Waals surface area contributed by atoms with Gasteiger partial charge < -0.3 is 14.0 Å². The molecule has 0 bridgehead atoms. The quantitative estimate of drug-likeness (QED) is 0.187. The predicted octanol–water partition coefficient (Wildman–Crippen LogP) is 3.90. The first-order valence-electron chi connectivity index (χ1n) is 10.8. The molecular formula is C20H44NO5S+. The van der Waals surface area contributed by atoms with Gasteiger partial charge in [-0.05, 0) is 25.7 Å². The standard InChI is InChI=1S/C20H43NO5S/c1-4-6-8-10-13-21(14-11-9-7-5-2,15-12-20-27(22,23)24)16-17-26-19-18-25-3/h4-20H2,1-3H3/p+1. The second-order valence-corrected chi connectivity index (χ2v) is 9.17. The smallest absolute Gasteiger partial charge is 0.265 e. The Kier molecular flexibility index (Phi) is 16.6. The van der Waals surface area contributed by atoms with Gasteiger partial charge in [-0.2, -0.15) is 8.42 Å². The van der Waals surface area contributed by atoms with Crippen molar-refractivity contribution in [2.75, 3.05) is 58.9 Å². The largest absolute Gasteiger partial charge is 0.382 e. The van der Waals surface area contributed by atoms with Gasteiger partial charge in [-0.3, -0.25) is 4.55 Å². The second kappa shape index (κ2) is 16.7. The summed E-state index contributed by atoms with van der Waals surface area (Å²) in [5.41, 5.74) is 0. The summed E-state index contributed by atoms with van der Waals surface area (Å²) >= 11 is 0. The monoisotopic (exact) mass is 410 g/mol. The molecule has 164 valence electrons. The number of unbranched alkanes of at least 4 members (excludes halogenated alkanes) is 6. The molecule has 0 radical (unpaired) electrons. The predicted molar refractivity (Wildman–Crippen MR) is 112 cm³/mol. The maximum atomic E-state index is 11.2. The van der Waals surface area contributed by atoms with Gasteiger partial charge in [-0.1, -0.05) is 39.5 Å². The summed E-state index contributed by atoms with van der Waals surface area (Å²) in [6, 6.07) is 0. The zero-order valence-electron chi connectivity index (χ0n) is 18.0. The van der Waals surface area contributed by atoms with Gasteiger partial charge in [-0.25, -0.2) is 0 Å². The zero-order valence-corrected chi connectivity index (χ0v) is 18.8. The van der Waals surface area contributed by atoms with Crippen LogP contribution in [0.25, 0.3) is 0 Å². The molecule has 0 spiro atoms. The molecule has 1 N–H and O–H groups in total. The SMILES string of the molecule is CCCCCC[N+](CCCCCC)(CCCS(=O)(=O)O)CCOCCOC. The van der Waals surface area contributed by atoms with Gasteiger partial charge in [0.25, 0.3) is 10.1 Å². The van der Waals surface area contributed by atoms with Gasteiger partial charge in [0.2, 0.25) is 0 Å². The summed E-state index contributed by atoms with van der Waals surface area (Å²) in [4.78, 5) is 0. The molecule has 27 heavy (non-hydrogen) atoms. The Morgan fingerprint density at radius 3 is 1.78 bits per heavy atom. The molecule has 0 fully saturated rings. The van der Waals surface area contributed by atoms with Crippen LogP contribution in [0.15, 0.2) is 0 Å². The van der Waals surface area contributed by atoms with Crippen LogP contribution in [-0.4, -0.2) is 76.3 Å². The number of hydrogen-bond acceptors (Lipinski definition) is 4. The molecule has 0 aromatic rings. The van der Waals surface area contributed by atoms with Crippen LogP contribution in [0.5, 0.6) is 0 Å². The topological polar surface area (TPSA) is 72.8 Å². The van der Waals surface area contributed by atoms with E-state index in [4.69, 9.17) is 14.0 Å². The average molecular weight is 411 g/mol. The molecular weight excluding hydrogens is 366 g/mol. The van der Waals surface area contributed by atoms with E-state index in [0.717, 1.165) is 43.5 Å². The van der Waals surface area contributed by atoms with Crippen molar-refractivity contribution in [3.05, 3.63) is 0 Å². The Morgan fingerprint density at radius 1 is 0.741 bits per heavy atom. The number of methoxy groups -OCH3 is 1. The lowest BCUT2D eigenvalue weighted by Crippen LogP contribution is -2.52. The molecule has 0 saturated heterocycles. The van der Waals surface area contributed by atoms with Crippen molar-refractivity contribution in [1.82, 2.24) is 0 Å². The first-order chi connectivity index (χ1) is 12.9. The highest BCUT2D eigenvalue weighted by atomic mass is 32.2. The molecule has 0 heterocycles. The summed E-state index contributed by atoms with van der Waals surface area (Å²) < 4.78 is 43.1. The van der Waals surface area contributed by atoms with Crippen LogP contribution in [0.2, 0.25) is 0 Å². The van der Waals surface area contributed by atoms with Crippen molar-refractivity contribution in [2.45, 2.75) is 71.6 Å². The molecule has 0 unspecified atom stereocenters. The van der Waals surface area contributed by atoms with E-state index in [9.17, 15) is 8.42 Å². The van der Waals surface area contributed by atoms with Crippen LogP contribution < -0.4 is 0 Å². The maximum absolute atomic E-state index is 11.2. The maximum Gasteiger partial charge on any atom is 0.265 e. The third-order valence-electron chi connectivity index (χ3n) is 5.15. The van der Waals surface area contributed by atoms with Gasteiger partial charge in [0.05, 0.1) is 45.2 Å². The minimum Gasteiger partial charge on any atom is -0.382 e. The molecule has 0 rings (SSSR count). The number of nitrogens with zero attached hydrogens (tertiary/aromatic N) is 1. The van der Waals surface area contributed by atoms with Crippen LogP contribution in [0, 0.1) is 0 Å². The summed E-state index contributed by atoms with van der Waals surface area (Å²) in [7, 11) is -2.23. The van der Waals surface area contributed by atoms with Gasteiger partial charge in [-0.15, -0.1) is 0 Å². The van der Waals surface area contributed by atoms with E-state index in [2.05, 4.69) is 13.8 Å². The van der Waals surface area contributed by atoms with Crippen molar-refractivity contribution in [1.29, 1.82) is 0 Å². The number of ether oxygens (including phenoxy) is 2. The molecule has 0 aliphatic heterocycles. The fourth-order valence-corrected chi connectivity index (χ4v) is 4.00. The molecule has 0 amide bonds. The summed E-state index contributed by atoms with van der Waals surface area (Å²) in [5.74, 6) is -0.151. The molecule has 0 aliphatic carbocycles. The van der Waals surface area contributed by atoms with Gasteiger partial charge in [0.1, 0.15) is 6.54 Å². The molecule has 0 aromatic heterocycles. The lowest BCUT2D eigenvalue weighted by atomic mass is 10.1. The lowest BCUT2D eigenvalue weighted by molar-refractivity contribution is -0.929. The average Bonchev–Trinajstić information content (AvgIpc) is 2.61. The molecule has 0 aliphatic rings. The first-order valence-corrected chi connectivity index (χ1v) is 12.4. The summed E-state index contributed by atoms with van der Waals surface area (Å²) in [6.45, 7) is 10.1. The number of rotatable bonds is 20. The molecule has 6 nitrogen and oxygen atoms in total. The fraction of sp³-hybridized carbons (Fsp3) is 1.00. The van der Waals surface area contributed by atoms with E-state index < -0.39 is 10.1 Å². The van der Waals surface area contributed by atoms with E-state index in [-0.39, 0.29) is 5.75 Å². The highest BCUT2D eigenvalue weighted by molar-refractivity contribution is 7.85. The Hall–Kier alpha value is -0.210. The third-order valence-corrected chi connectivity index (χ3v) is 5.95. The minimum absolute atomic E-state index is 0.151.